The Balaban J connectivity index is 1.40. The zero-order chi connectivity index (χ0) is 26.7. The van der Waals surface area contributed by atoms with E-state index in [9.17, 15) is 19.2 Å². The molecule has 3 atom stereocenters. The van der Waals surface area contributed by atoms with E-state index in [2.05, 4.69) is 58.0 Å². The number of urea groups is 1. The van der Waals surface area contributed by atoms with Gasteiger partial charge >= 0.3 is 6.03 Å². The number of ketones is 1. The van der Waals surface area contributed by atoms with E-state index in [0.717, 1.165) is 36.9 Å². The Labute approximate surface area is 225 Å². The molecule has 0 radical (unpaired) electrons. The zero-order valence-electron chi connectivity index (χ0n) is 21.1. The summed E-state index contributed by atoms with van der Waals surface area (Å²) < 4.78 is 0. The Morgan fingerprint density at radius 1 is 0.821 bits per heavy atom. The molecule has 1 saturated heterocycles. The van der Waals surface area contributed by atoms with Crippen molar-refractivity contribution in [3.63, 3.8) is 0 Å². The minimum absolute atomic E-state index is 0.0217. The summed E-state index contributed by atoms with van der Waals surface area (Å²) in [5, 5.41) is 4.20. The summed E-state index contributed by atoms with van der Waals surface area (Å²) in [5.74, 6) is -3.16. The molecule has 0 aromatic heterocycles. The zero-order valence-corrected chi connectivity index (χ0v) is 21.1. The molecule has 0 bridgehead atoms. The minimum Gasteiger partial charge on any atom is -0.313 e. The first kappa shape index (κ1) is 23.5. The van der Waals surface area contributed by atoms with Crippen molar-refractivity contribution in [2.75, 3.05) is 0 Å². The second-order valence-corrected chi connectivity index (χ2v) is 10.7. The van der Waals surface area contributed by atoms with Crippen LogP contribution in [0.1, 0.15) is 42.7 Å². The van der Waals surface area contributed by atoms with Gasteiger partial charge in [0.2, 0.25) is 11.8 Å². The molecule has 7 rings (SSSR count). The highest BCUT2D eigenvalue weighted by Crippen LogP contribution is 2.58. The van der Waals surface area contributed by atoms with Crippen molar-refractivity contribution < 1.29 is 19.2 Å². The standard InChI is InChI=1S/C31H26N4O4/c36-26-17-25-23(15-21(26)27-28(37)32-30(39)33-29(27)38)34-31-14-8-7-13-22(31)20(18-9-3-1-4-10-18)16-24(35(25)31)19-11-5-2-6-12-19/h1-6,9-12,15-17,20,22,27H,7-8,13-14H2,(H2,32,33,37,38,39)/t20-,22+,31+/m1/s1. The SMILES string of the molecule is O=C1NC(=O)C(C2=CC3=N[C@]45CCCC[C@H]4[C@@H](c4ccccc4)C=C(c4ccccc4)N5C3=CC2=O)C(=O)N1. The van der Waals surface area contributed by atoms with Crippen molar-refractivity contribution in [1.82, 2.24) is 15.5 Å². The van der Waals surface area contributed by atoms with Crippen molar-refractivity contribution in [2.45, 2.75) is 37.3 Å². The first-order valence-electron chi connectivity index (χ1n) is 13.3. The summed E-state index contributed by atoms with van der Waals surface area (Å²) in [6.07, 6.45) is 9.30. The van der Waals surface area contributed by atoms with Gasteiger partial charge in [-0.25, -0.2) is 4.79 Å². The molecule has 2 fully saturated rings. The van der Waals surface area contributed by atoms with Crippen LogP contribution in [0.5, 0.6) is 0 Å². The van der Waals surface area contributed by atoms with E-state index in [-0.39, 0.29) is 17.4 Å². The molecule has 2 aromatic rings. The molecule has 1 spiro atoms. The van der Waals surface area contributed by atoms with Crippen LogP contribution >= 0.6 is 0 Å². The van der Waals surface area contributed by atoms with Crippen LogP contribution < -0.4 is 10.6 Å². The summed E-state index contributed by atoms with van der Waals surface area (Å²) in [6, 6.07) is 19.7. The largest absolute Gasteiger partial charge is 0.328 e. The maximum absolute atomic E-state index is 13.5. The molecule has 1 saturated carbocycles. The van der Waals surface area contributed by atoms with Gasteiger partial charge in [-0.3, -0.25) is 30.0 Å². The summed E-state index contributed by atoms with van der Waals surface area (Å²) >= 11 is 0. The maximum Gasteiger partial charge on any atom is 0.328 e. The Bertz CT molecular complexity index is 1540. The minimum atomic E-state index is -1.41. The fourth-order valence-electron chi connectivity index (χ4n) is 6.92. The number of rotatable bonds is 3. The van der Waals surface area contributed by atoms with Gasteiger partial charge in [-0.15, -0.1) is 0 Å². The molecule has 5 aliphatic rings. The molecule has 4 amide bonds. The van der Waals surface area contributed by atoms with Crippen LogP contribution in [-0.4, -0.2) is 39.9 Å². The quantitative estimate of drug-likeness (QED) is 0.474. The first-order chi connectivity index (χ1) is 19.0. The number of fused-ring (bicyclic) bond motifs is 2. The number of carbonyl (C=O) groups excluding carboxylic acids is 4. The molecule has 2 aromatic carbocycles. The van der Waals surface area contributed by atoms with Crippen molar-refractivity contribution in [2.24, 2.45) is 16.8 Å². The molecule has 3 aliphatic heterocycles. The van der Waals surface area contributed by atoms with Crippen molar-refractivity contribution >= 4 is 35.0 Å². The van der Waals surface area contributed by atoms with Crippen LogP contribution in [0.4, 0.5) is 4.79 Å². The number of hydrogen-bond donors (Lipinski definition) is 2. The van der Waals surface area contributed by atoms with Crippen molar-refractivity contribution in [3.8, 4) is 0 Å². The lowest BCUT2D eigenvalue weighted by Crippen LogP contribution is -2.57. The van der Waals surface area contributed by atoms with Gasteiger partial charge in [-0.2, -0.15) is 0 Å². The summed E-state index contributed by atoms with van der Waals surface area (Å²) in [7, 11) is 0. The number of imide groups is 2. The number of barbiturate groups is 1. The fourth-order valence-corrected chi connectivity index (χ4v) is 6.92. The molecule has 2 aliphatic carbocycles. The second kappa shape index (κ2) is 8.73. The van der Waals surface area contributed by atoms with Crippen LogP contribution in [0.25, 0.3) is 5.70 Å². The van der Waals surface area contributed by atoms with E-state index in [1.54, 1.807) is 6.08 Å². The van der Waals surface area contributed by atoms with Gasteiger partial charge < -0.3 is 4.90 Å². The van der Waals surface area contributed by atoms with E-state index >= 15 is 0 Å². The molecule has 39 heavy (non-hydrogen) atoms. The highest BCUT2D eigenvalue weighted by molar-refractivity contribution is 6.29. The van der Waals surface area contributed by atoms with Crippen LogP contribution in [0.15, 0.2) is 95.2 Å². The number of nitrogens with one attached hydrogen (secondary N) is 2. The number of amides is 4. The molecule has 0 unspecified atom stereocenters. The van der Waals surface area contributed by atoms with Crippen LogP contribution in [0, 0.1) is 11.8 Å². The maximum atomic E-state index is 13.5. The van der Waals surface area contributed by atoms with Crippen LogP contribution in [0.2, 0.25) is 0 Å². The predicted molar refractivity (Wildman–Crippen MR) is 144 cm³/mol. The molecule has 2 N–H and O–H groups in total. The number of allylic oxidation sites excluding steroid dienone is 3. The normalized spacial score (nSPS) is 28.3. The molecule has 8 heteroatoms. The van der Waals surface area contributed by atoms with Gasteiger partial charge in [0.15, 0.2) is 5.78 Å². The number of nitrogens with zero attached hydrogens (tertiary/aromatic N) is 2. The first-order valence-corrected chi connectivity index (χ1v) is 13.3. The number of aliphatic imine (C=N–C) groups is 1. The number of hydrogen-bond acceptors (Lipinski definition) is 6. The average molecular weight is 519 g/mol. The Morgan fingerprint density at radius 2 is 1.51 bits per heavy atom. The highest BCUT2D eigenvalue weighted by Gasteiger charge is 2.57. The van der Waals surface area contributed by atoms with Gasteiger partial charge in [0.05, 0.1) is 11.4 Å². The highest BCUT2D eigenvalue weighted by atomic mass is 16.2. The Kier molecular flexibility index (Phi) is 5.26. The smallest absolute Gasteiger partial charge is 0.313 e. The van der Waals surface area contributed by atoms with Gasteiger partial charge in [-0.05, 0) is 36.5 Å². The molecular formula is C31H26N4O4. The van der Waals surface area contributed by atoms with E-state index in [1.807, 2.05) is 24.3 Å². The number of carbonyl (C=O) groups is 4. The topological polar surface area (TPSA) is 108 Å². The van der Waals surface area contributed by atoms with Gasteiger partial charge in [-0.1, -0.05) is 73.2 Å². The van der Waals surface area contributed by atoms with E-state index in [4.69, 9.17) is 4.99 Å². The third-order valence-corrected chi connectivity index (χ3v) is 8.53. The number of benzene rings is 2. The Morgan fingerprint density at radius 3 is 2.23 bits per heavy atom. The second-order valence-electron chi connectivity index (χ2n) is 10.7. The molecule has 194 valence electrons. The van der Waals surface area contributed by atoms with Gasteiger partial charge in [0.1, 0.15) is 11.6 Å². The van der Waals surface area contributed by atoms with Crippen molar-refractivity contribution in [1.29, 1.82) is 0 Å². The molecule has 8 nitrogen and oxygen atoms in total. The molecule has 3 heterocycles. The van der Waals surface area contributed by atoms with E-state index < -0.39 is 35.2 Å². The Hall–Kier alpha value is -4.59. The van der Waals surface area contributed by atoms with Gasteiger partial charge in [0.25, 0.3) is 0 Å². The van der Waals surface area contributed by atoms with E-state index in [0.29, 0.717) is 11.4 Å². The summed E-state index contributed by atoms with van der Waals surface area (Å²) in [5.41, 5.74) is 3.96. The fraction of sp³-hybridized carbons (Fsp3) is 0.258. The van der Waals surface area contributed by atoms with Crippen LogP contribution in [0.3, 0.4) is 0 Å². The molecular weight excluding hydrogens is 492 g/mol. The van der Waals surface area contributed by atoms with Gasteiger partial charge in [0, 0.05) is 29.2 Å². The summed E-state index contributed by atoms with van der Waals surface area (Å²) in [4.78, 5) is 57.9. The predicted octanol–water partition coefficient (Wildman–Crippen LogP) is 3.84. The summed E-state index contributed by atoms with van der Waals surface area (Å²) in [6.45, 7) is 0. The lowest BCUT2D eigenvalue weighted by molar-refractivity contribution is -0.135. The third-order valence-electron chi connectivity index (χ3n) is 8.53. The average Bonchev–Trinajstić information content (AvgIpc) is 3.25. The van der Waals surface area contributed by atoms with Crippen molar-refractivity contribution in [3.05, 3.63) is 101 Å². The van der Waals surface area contributed by atoms with Crippen LogP contribution in [-0.2, 0) is 14.4 Å². The lowest BCUT2D eigenvalue weighted by Gasteiger charge is -2.53. The van der Waals surface area contributed by atoms with E-state index in [1.165, 1.54) is 11.6 Å². The lowest BCUT2D eigenvalue weighted by atomic mass is 9.66. The monoisotopic (exact) mass is 518 g/mol. The third kappa shape index (κ3) is 3.55.